The van der Waals surface area contributed by atoms with Crippen molar-refractivity contribution < 1.29 is 58.2 Å². The van der Waals surface area contributed by atoms with Gasteiger partial charge in [-0.3, -0.25) is 9.59 Å². The molecule has 0 aromatic carbocycles. The fourth-order valence-corrected chi connectivity index (χ4v) is 0.214. The first kappa shape index (κ1) is 39.6. The molecule has 0 aliphatic carbocycles. The predicted octanol–water partition coefficient (Wildman–Crippen LogP) is -3.37. The Morgan fingerprint density at radius 2 is 0.923 bits per heavy atom. The summed E-state index contributed by atoms with van der Waals surface area (Å²) in [6.45, 7) is 0. The molecule has 0 saturated heterocycles. The van der Waals surface area contributed by atoms with E-state index < -0.39 is 11.9 Å². The Kier molecular flexibility index (Phi) is 68.6. The van der Waals surface area contributed by atoms with Crippen molar-refractivity contribution >= 4 is 11.9 Å². The van der Waals surface area contributed by atoms with E-state index >= 15 is 0 Å². The van der Waals surface area contributed by atoms with Crippen LogP contribution in [0.3, 0.4) is 0 Å². The van der Waals surface area contributed by atoms with Crippen LogP contribution in [0.4, 0.5) is 0 Å². The summed E-state index contributed by atoms with van der Waals surface area (Å²) in [5.74, 6) is -2.15. The molecule has 0 aromatic heterocycles. The molecule has 0 atom stereocenters. The van der Waals surface area contributed by atoms with Crippen LogP contribution in [0.2, 0.25) is 0 Å². The third kappa shape index (κ3) is 53.1. The van der Waals surface area contributed by atoms with Gasteiger partial charge in [0, 0.05) is 16.5 Å². The number of hydrogen-bond acceptors (Lipinski definition) is 2. The van der Waals surface area contributed by atoms with Crippen molar-refractivity contribution in [3.63, 3.8) is 0 Å². The van der Waals surface area contributed by atoms with Crippen LogP contribution in [-0.2, 0) is 26.1 Å². The second-order valence-corrected chi connectivity index (χ2v) is 1.29. The number of hydrogen-bond donors (Lipinski definition) is 2. The smallest absolute Gasteiger partial charge is 0.303 e. The zero-order chi connectivity index (χ0) is 6.57. The van der Waals surface area contributed by atoms with Crippen LogP contribution in [0, 0.1) is 0 Å². The second-order valence-electron chi connectivity index (χ2n) is 1.29. The summed E-state index contributed by atoms with van der Waals surface area (Å²) >= 11 is 0. The number of aliphatic carboxylic acids is 2. The Morgan fingerprint density at radius 3 is 1.00 bits per heavy atom. The maximum atomic E-state index is 9.64. The van der Waals surface area contributed by atoms with Crippen LogP contribution in [0.1, 0.15) is 12.8 Å². The molecule has 88 valence electrons. The van der Waals surface area contributed by atoms with Gasteiger partial charge in [0.25, 0.3) is 0 Å². The van der Waals surface area contributed by atoms with Crippen molar-refractivity contribution in [2.75, 3.05) is 0 Å². The quantitative estimate of drug-likeness (QED) is 0.491. The van der Waals surface area contributed by atoms with Crippen molar-refractivity contribution in [2.45, 2.75) is 12.8 Å². The number of rotatable bonds is 3. The molecule has 0 bridgehead atoms. The molecule has 0 rings (SSSR count). The van der Waals surface area contributed by atoms with Gasteiger partial charge < -0.3 is 32.1 Å². The van der Waals surface area contributed by atoms with E-state index in [0.717, 1.165) is 0 Å². The average Bonchev–Trinajstić information content (AvgIpc) is 1.61. The number of carboxylic acid groups (broad SMARTS) is 2. The van der Waals surface area contributed by atoms with Crippen LogP contribution in [0.5, 0.6) is 0 Å². The molecule has 13 heavy (non-hydrogen) atoms. The molecule has 0 radical (unpaired) electrons. The SMILES string of the molecule is O.O.O.O.O=C(O)CCC(=O)O.[Ni]. The van der Waals surface area contributed by atoms with Gasteiger partial charge in [0.2, 0.25) is 0 Å². The summed E-state index contributed by atoms with van der Waals surface area (Å²) in [7, 11) is 0. The Bertz CT molecular complexity index is 101. The van der Waals surface area contributed by atoms with E-state index in [2.05, 4.69) is 0 Å². The fraction of sp³-hybridized carbons (Fsp3) is 0.500. The van der Waals surface area contributed by atoms with Crippen molar-refractivity contribution in [1.29, 1.82) is 0 Å². The molecule has 0 aromatic rings. The summed E-state index contributed by atoms with van der Waals surface area (Å²) < 4.78 is 0. The second kappa shape index (κ2) is 22.5. The molecule has 0 heterocycles. The first-order valence-electron chi connectivity index (χ1n) is 2.06. The Hall–Kier alpha value is -0.726. The van der Waals surface area contributed by atoms with E-state index in [9.17, 15) is 9.59 Å². The van der Waals surface area contributed by atoms with Crippen LogP contribution >= 0.6 is 0 Å². The van der Waals surface area contributed by atoms with E-state index in [1.165, 1.54) is 0 Å². The number of carbonyl (C=O) groups is 2. The molecule has 0 aliphatic rings. The molecule has 10 N–H and O–H groups in total. The standard InChI is InChI=1S/C4H6O4.Ni.4H2O/c5-3(6)1-2-4(7)8;;;;;/h1-2H2,(H,5,6)(H,7,8);;4*1H2. The molecule has 0 amide bonds. The summed E-state index contributed by atoms with van der Waals surface area (Å²) in [5, 5.41) is 15.8. The van der Waals surface area contributed by atoms with Crippen LogP contribution in [0.15, 0.2) is 0 Å². The average molecular weight is 249 g/mol. The normalized spacial score (nSPS) is 5.23. The van der Waals surface area contributed by atoms with Crippen LogP contribution in [0.25, 0.3) is 0 Å². The molecule has 0 spiro atoms. The summed E-state index contributed by atoms with van der Waals surface area (Å²) in [6, 6.07) is 0. The molecule has 0 unspecified atom stereocenters. The molecule has 9 heteroatoms. The third-order valence-corrected chi connectivity index (χ3v) is 0.553. The molecular weight excluding hydrogens is 235 g/mol. The zero-order valence-electron chi connectivity index (χ0n) is 6.44. The Labute approximate surface area is 83.7 Å². The first-order valence-corrected chi connectivity index (χ1v) is 2.06. The summed E-state index contributed by atoms with van der Waals surface area (Å²) in [5.41, 5.74) is 0. The first-order chi connectivity index (χ1) is 3.63. The van der Waals surface area contributed by atoms with Gasteiger partial charge in [-0.2, -0.15) is 0 Å². The van der Waals surface area contributed by atoms with E-state index in [-0.39, 0.29) is 51.2 Å². The van der Waals surface area contributed by atoms with E-state index in [1.54, 1.807) is 0 Å². The molecule has 0 aliphatic heterocycles. The van der Waals surface area contributed by atoms with E-state index in [0.29, 0.717) is 0 Å². The predicted molar refractivity (Wildman–Crippen MR) is 39.0 cm³/mol. The molecular formula is C4H14NiO8. The monoisotopic (exact) mass is 248 g/mol. The molecule has 0 fully saturated rings. The molecule has 8 nitrogen and oxygen atoms in total. The van der Waals surface area contributed by atoms with Gasteiger partial charge in [-0.05, 0) is 0 Å². The van der Waals surface area contributed by atoms with Crippen LogP contribution < -0.4 is 0 Å². The third-order valence-electron chi connectivity index (χ3n) is 0.553. The van der Waals surface area contributed by atoms with Crippen LogP contribution in [-0.4, -0.2) is 44.1 Å². The largest absolute Gasteiger partial charge is 0.481 e. The van der Waals surface area contributed by atoms with Gasteiger partial charge in [0.1, 0.15) is 0 Å². The van der Waals surface area contributed by atoms with E-state index in [1.807, 2.05) is 0 Å². The minimum Gasteiger partial charge on any atom is -0.481 e. The minimum absolute atomic E-state index is 0. The van der Waals surface area contributed by atoms with Crippen molar-refractivity contribution in [3.05, 3.63) is 0 Å². The Morgan fingerprint density at radius 1 is 0.769 bits per heavy atom. The fourth-order valence-electron chi connectivity index (χ4n) is 0.214. The van der Waals surface area contributed by atoms with Gasteiger partial charge in [0.15, 0.2) is 0 Å². The van der Waals surface area contributed by atoms with Gasteiger partial charge >= 0.3 is 11.9 Å². The number of carboxylic acids is 2. The maximum absolute atomic E-state index is 9.64. The zero-order valence-corrected chi connectivity index (χ0v) is 7.43. The van der Waals surface area contributed by atoms with Gasteiger partial charge in [0.05, 0.1) is 12.8 Å². The topological polar surface area (TPSA) is 201 Å². The van der Waals surface area contributed by atoms with Crippen molar-refractivity contribution in [2.24, 2.45) is 0 Å². The Balaban J connectivity index is -0.0000000245. The van der Waals surface area contributed by atoms with Gasteiger partial charge in [-0.1, -0.05) is 0 Å². The van der Waals surface area contributed by atoms with Gasteiger partial charge in [-0.25, -0.2) is 0 Å². The van der Waals surface area contributed by atoms with Crippen molar-refractivity contribution in [3.8, 4) is 0 Å². The minimum atomic E-state index is -1.08. The maximum Gasteiger partial charge on any atom is 0.303 e. The van der Waals surface area contributed by atoms with Gasteiger partial charge in [-0.15, -0.1) is 0 Å². The van der Waals surface area contributed by atoms with Crippen molar-refractivity contribution in [1.82, 2.24) is 0 Å². The van der Waals surface area contributed by atoms with E-state index in [4.69, 9.17) is 10.2 Å². The molecule has 0 saturated carbocycles. The summed E-state index contributed by atoms with van der Waals surface area (Å²) in [4.78, 5) is 19.3. The summed E-state index contributed by atoms with van der Waals surface area (Å²) in [6.07, 6.45) is -0.593.